The smallest absolute Gasteiger partial charge is 0.0847 e. The number of hydrogen-bond acceptors (Lipinski definition) is 2. The number of aryl methyl sites for hydroxylation is 3. The Morgan fingerprint density at radius 2 is 1.95 bits per heavy atom. The van der Waals surface area contributed by atoms with Gasteiger partial charge in [0, 0.05) is 19.5 Å². The molecule has 20 heavy (non-hydrogen) atoms. The van der Waals surface area contributed by atoms with Gasteiger partial charge < -0.3 is 5.32 Å². The molecule has 0 aliphatic carbocycles. The Kier molecular flexibility index (Phi) is 4.84. The van der Waals surface area contributed by atoms with Crippen molar-refractivity contribution in [2.45, 2.75) is 32.7 Å². The first-order valence-corrected chi connectivity index (χ1v) is 7.30. The minimum atomic E-state index is 0.350. The number of hydrogen-bond donors (Lipinski definition) is 1. The molecular formula is C16H22ClN3. The molecule has 0 saturated heterocycles. The number of nitrogens with zero attached hydrogens (tertiary/aromatic N) is 2. The largest absolute Gasteiger partial charge is 0.316 e. The fourth-order valence-corrected chi connectivity index (χ4v) is 2.75. The molecule has 1 aromatic carbocycles. The number of halogens is 1. The second-order valence-corrected chi connectivity index (χ2v) is 5.67. The molecule has 0 amide bonds. The van der Waals surface area contributed by atoms with E-state index in [1.807, 2.05) is 25.7 Å². The van der Waals surface area contributed by atoms with Gasteiger partial charge in [-0.25, -0.2) is 0 Å². The lowest BCUT2D eigenvalue weighted by molar-refractivity contribution is 0.533. The summed E-state index contributed by atoms with van der Waals surface area (Å²) in [6.07, 6.45) is 1.87. The summed E-state index contributed by atoms with van der Waals surface area (Å²) < 4.78 is 1.89. The van der Waals surface area contributed by atoms with Crippen molar-refractivity contribution in [2.24, 2.45) is 7.05 Å². The van der Waals surface area contributed by atoms with Crippen molar-refractivity contribution in [1.82, 2.24) is 15.1 Å². The van der Waals surface area contributed by atoms with Crippen LogP contribution in [-0.4, -0.2) is 22.9 Å². The van der Waals surface area contributed by atoms with Gasteiger partial charge in [0.05, 0.1) is 16.4 Å². The molecule has 1 N–H and O–H groups in total. The fourth-order valence-electron chi connectivity index (χ4n) is 2.52. The minimum Gasteiger partial charge on any atom is -0.316 e. The molecule has 4 heteroatoms. The molecule has 0 saturated carbocycles. The molecule has 0 radical (unpaired) electrons. The number of nitrogens with one attached hydrogen (secondary N) is 1. The second kappa shape index (κ2) is 6.42. The van der Waals surface area contributed by atoms with Crippen LogP contribution < -0.4 is 5.32 Å². The predicted molar refractivity (Wildman–Crippen MR) is 84.4 cm³/mol. The Hall–Kier alpha value is -1.32. The van der Waals surface area contributed by atoms with E-state index in [2.05, 4.69) is 41.6 Å². The summed E-state index contributed by atoms with van der Waals surface area (Å²) >= 11 is 6.34. The molecule has 1 aromatic heterocycles. The normalized spacial score (nSPS) is 12.7. The van der Waals surface area contributed by atoms with Gasteiger partial charge in [-0.1, -0.05) is 35.9 Å². The van der Waals surface area contributed by atoms with Crippen LogP contribution >= 0.6 is 11.6 Å². The summed E-state index contributed by atoms with van der Waals surface area (Å²) in [6, 6.07) is 8.87. The molecule has 0 aliphatic rings. The third-order valence-corrected chi connectivity index (χ3v) is 4.33. The topological polar surface area (TPSA) is 29.9 Å². The summed E-state index contributed by atoms with van der Waals surface area (Å²) in [4.78, 5) is 0. The monoisotopic (exact) mass is 291 g/mol. The zero-order valence-electron chi connectivity index (χ0n) is 12.6. The zero-order valence-corrected chi connectivity index (χ0v) is 13.3. The maximum atomic E-state index is 6.34. The number of benzene rings is 1. The zero-order chi connectivity index (χ0) is 14.7. The lowest BCUT2D eigenvalue weighted by Crippen LogP contribution is -2.31. The van der Waals surface area contributed by atoms with E-state index < -0.39 is 0 Å². The molecule has 0 spiro atoms. The van der Waals surface area contributed by atoms with Gasteiger partial charge >= 0.3 is 0 Å². The average molecular weight is 292 g/mol. The van der Waals surface area contributed by atoms with E-state index in [0.29, 0.717) is 6.04 Å². The highest BCUT2D eigenvalue weighted by atomic mass is 35.5. The number of likely N-dealkylation sites (N-methyl/N-ethyl adjacent to an activating group) is 1. The molecule has 1 heterocycles. The summed E-state index contributed by atoms with van der Waals surface area (Å²) in [5.41, 5.74) is 4.70. The first kappa shape index (κ1) is 15.1. The van der Waals surface area contributed by atoms with Gasteiger partial charge in [-0.15, -0.1) is 0 Å². The number of aromatic nitrogens is 2. The average Bonchev–Trinajstić information content (AvgIpc) is 2.66. The third kappa shape index (κ3) is 3.22. The molecule has 1 unspecified atom stereocenters. The number of rotatable bonds is 5. The molecule has 0 aliphatic heterocycles. The van der Waals surface area contributed by atoms with E-state index in [4.69, 9.17) is 11.6 Å². The van der Waals surface area contributed by atoms with Crippen LogP contribution in [0.2, 0.25) is 5.02 Å². The van der Waals surface area contributed by atoms with Gasteiger partial charge in [-0.3, -0.25) is 4.68 Å². The summed E-state index contributed by atoms with van der Waals surface area (Å²) in [5, 5.41) is 8.56. The maximum absolute atomic E-state index is 6.34. The molecule has 0 fully saturated rings. The van der Waals surface area contributed by atoms with Crippen LogP contribution in [0.1, 0.15) is 22.5 Å². The van der Waals surface area contributed by atoms with E-state index in [0.717, 1.165) is 29.3 Å². The van der Waals surface area contributed by atoms with Crippen LogP contribution in [0.25, 0.3) is 0 Å². The molecule has 1 atom stereocenters. The van der Waals surface area contributed by atoms with Gasteiger partial charge in [0.25, 0.3) is 0 Å². The molecule has 3 nitrogen and oxygen atoms in total. The van der Waals surface area contributed by atoms with Crippen molar-refractivity contribution in [1.29, 1.82) is 0 Å². The molecular weight excluding hydrogens is 270 g/mol. The summed E-state index contributed by atoms with van der Waals surface area (Å²) in [6.45, 7) is 4.10. The van der Waals surface area contributed by atoms with Crippen molar-refractivity contribution in [2.75, 3.05) is 7.05 Å². The Balaban J connectivity index is 2.15. The first-order valence-electron chi connectivity index (χ1n) is 6.92. The molecule has 0 bridgehead atoms. The minimum absolute atomic E-state index is 0.350. The van der Waals surface area contributed by atoms with E-state index in [1.165, 1.54) is 11.1 Å². The molecule has 2 aromatic rings. The SMILES string of the molecule is CNC(Cc1ccccc1C)Cc1c(Cl)c(C)nn1C. The third-order valence-electron chi connectivity index (χ3n) is 3.84. The molecule has 2 rings (SSSR count). The second-order valence-electron chi connectivity index (χ2n) is 5.29. The quantitative estimate of drug-likeness (QED) is 0.917. The molecule has 108 valence electrons. The van der Waals surface area contributed by atoms with Crippen molar-refractivity contribution in [3.05, 3.63) is 51.8 Å². The standard InChI is InChI=1S/C16H22ClN3/c1-11-7-5-6-8-13(11)9-14(18-3)10-15-16(17)12(2)19-20(15)4/h5-8,14,18H,9-10H2,1-4H3. The Labute approximate surface area is 126 Å². The van der Waals surface area contributed by atoms with Gasteiger partial charge in [0.2, 0.25) is 0 Å². The van der Waals surface area contributed by atoms with Gasteiger partial charge in [0.15, 0.2) is 0 Å². The highest BCUT2D eigenvalue weighted by molar-refractivity contribution is 6.31. The van der Waals surface area contributed by atoms with Crippen LogP contribution in [0, 0.1) is 13.8 Å². The lowest BCUT2D eigenvalue weighted by Gasteiger charge is -2.18. The first-order chi connectivity index (χ1) is 9.52. The van der Waals surface area contributed by atoms with Crippen LogP contribution in [0.15, 0.2) is 24.3 Å². The van der Waals surface area contributed by atoms with Gasteiger partial charge in [-0.2, -0.15) is 5.10 Å². The summed E-state index contributed by atoms with van der Waals surface area (Å²) in [5.74, 6) is 0. The predicted octanol–water partition coefficient (Wildman–Crippen LogP) is 3.06. The van der Waals surface area contributed by atoms with E-state index >= 15 is 0 Å². The highest BCUT2D eigenvalue weighted by Crippen LogP contribution is 2.22. The fraction of sp³-hybridized carbons (Fsp3) is 0.438. The van der Waals surface area contributed by atoms with Crippen molar-refractivity contribution >= 4 is 11.6 Å². The summed E-state index contributed by atoms with van der Waals surface area (Å²) in [7, 11) is 3.95. The Morgan fingerprint density at radius 1 is 1.25 bits per heavy atom. The van der Waals surface area contributed by atoms with Crippen molar-refractivity contribution in [3.8, 4) is 0 Å². The Morgan fingerprint density at radius 3 is 2.50 bits per heavy atom. The maximum Gasteiger partial charge on any atom is 0.0847 e. The van der Waals surface area contributed by atoms with E-state index in [1.54, 1.807) is 0 Å². The van der Waals surface area contributed by atoms with E-state index in [9.17, 15) is 0 Å². The van der Waals surface area contributed by atoms with Crippen LogP contribution in [0.3, 0.4) is 0 Å². The van der Waals surface area contributed by atoms with Gasteiger partial charge in [0.1, 0.15) is 0 Å². The van der Waals surface area contributed by atoms with Crippen molar-refractivity contribution < 1.29 is 0 Å². The van der Waals surface area contributed by atoms with Crippen LogP contribution in [0.4, 0.5) is 0 Å². The van der Waals surface area contributed by atoms with Crippen LogP contribution in [0.5, 0.6) is 0 Å². The van der Waals surface area contributed by atoms with E-state index in [-0.39, 0.29) is 0 Å². The van der Waals surface area contributed by atoms with Crippen LogP contribution in [-0.2, 0) is 19.9 Å². The van der Waals surface area contributed by atoms with Crippen molar-refractivity contribution in [3.63, 3.8) is 0 Å². The lowest BCUT2D eigenvalue weighted by atomic mass is 9.98. The van der Waals surface area contributed by atoms with Gasteiger partial charge in [-0.05, 0) is 38.4 Å². The highest BCUT2D eigenvalue weighted by Gasteiger charge is 2.16. The Bertz CT molecular complexity index is 589.